The Kier molecular flexibility index (Phi) is 4.13. The van der Waals surface area contributed by atoms with Crippen LogP contribution in [0.5, 0.6) is 5.75 Å². The summed E-state index contributed by atoms with van der Waals surface area (Å²) >= 11 is 0. The molecule has 0 heterocycles. The molecule has 0 aliphatic heterocycles. The van der Waals surface area contributed by atoms with Crippen LogP contribution >= 0.6 is 0 Å². The van der Waals surface area contributed by atoms with Crippen LogP contribution in [0.1, 0.15) is 31.2 Å². The van der Waals surface area contributed by atoms with E-state index in [0.29, 0.717) is 25.4 Å². The first-order chi connectivity index (χ1) is 8.29. The lowest BCUT2D eigenvalue weighted by Gasteiger charge is -2.25. The lowest BCUT2D eigenvalue weighted by atomic mass is 9.86. The van der Waals surface area contributed by atoms with Gasteiger partial charge in [0.25, 0.3) is 0 Å². The van der Waals surface area contributed by atoms with Crippen LogP contribution in [-0.2, 0) is 11.2 Å². The Morgan fingerprint density at radius 2 is 2.24 bits per heavy atom. The molecule has 0 aromatic heterocycles. The van der Waals surface area contributed by atoms with Crippen LogP contribution < -0.4 is 4.74 Å². The Bertz CT molecular complexity index is 386. The maximum atomic E-state index is 13.1. The zero-order chi connectivity index (χ0) is 12.1. The molecule has 1 aliphatic rings. The zero-order valence-electron chi connectivity index (χ0n) is 9.82. The number of carbonyl (C=O) groups is 1. The highest BCUT2D eigenvalue weighted by molar-refractivity contribution is 5.51. The molecule has 2 nitrogen and oxygen atoms in total. The number of carbonyl (C=O) groups excluding carboxylic acids is 1. The van der Waals surface area contributed by atoms with E-state index in [2.05, 4.69) is 0 Å². The highest BCUT2D eigenvalue weighted by Crippen LogP contribution is 2.28. The molecule has 1 aromatic carbocycles. The van der Waals surface area contributed by atoms with Gasteiger partial charge in [-0.1, -0.05) is 6.42 Å². The van der Waals surface area contributed by atoms with E-state index in [0.717, 1.165) is 17.6 Å². The van der Waals surface area contributed by atoms with Gasteiger partial charge in [0.15, 0.2) is 0 Å². The third kappa shape index (κ3) is 3.29. The van der Waals surface area contributed by atoms with E-state index in [1.165, 1.54) is 31.4 Å². The van der Waals surface area contributed by atoms with Crippen molar-refractivity contribution < 1.29 is 13.9 Å². The Morgan fingerprint density at radius 3 is 2.88 bits per heavy atom. The number of hydrogen-bond donors (Lipinski definition) is 0. The summed E-state index contributed by atoms with van der Waals surface area (Å²) in [6.45, 7) is 0.708. The number of aldehydes is 1. The summed E-state index contributed by atoms with van der Waals surface area (Å²) in [7, 11) is 0. The quantitative estimate of drug-likeness (QED) is 0.709. The van der Waals surface area contributed by atoms with Gasteiger partial charge < -0.3 is 9.53 Å². The van der Waals surface area contributed by atoms with E-state index in [1.54, 1.807) is 6.07 Å². The summed E-state index contributed by atoms with van der Waals surface area (Å²) < 4.78 is 18.8. The van der Waals surface area contributed by atoms with Crippen LogP contribution in [0.4, 0.5) is 4.39 Å². The molecule has 1 aliphatic carbocycles. The molecule has 1 saturated carbocycles. The molecular formula is C14H17FO2. The Morgan fingerprint density at radius 1 is 1.41 bits per heavy atom. The number of hydrogen-bond acceptors (Lipinski definition) is 2. The summed E-state index contributed by atoms with van der Waals surface area (Å²) in [5.41, 5.74) is 0.788. The number of ether oxygens (including phenoxy) is 1. The molecule has 0 atom stereocenters. The van der Waals surface area contributed by atoms with Crippen LogP contribution in [0.25, 0.3) is 0 Å². The average molecular weight is 236 g/mol. The molecule has 0 saturated heterocycles. The van der Waals surface area contributed by atoms with E-state index in [1.807, 2.05) is 0 Å². The Labute approximate surface area is 101 Å². The van der Waals surface area contributed by atoms with Gasteiger partial charge in [-0.05, 0) is 48.9 Å². The fraction of sp³-hybridized carbons (Fsp3) is 0.500. The first-order valence-electron chi connectivity index (χ1n) is 6.14. The van der Waals surface area contributed by atoms with Crippen molar-refractivity contribution in [2.24, 2.45) is 5.92 Å². The van der Waals surface area contributed by atoms with Gasteiger partial charge in [-0.2, -0.15) is 0 Å². The molecule has 0 unspecified atom stereocenters. The zero-order valence-corrected chi connectivity index (χ0v) is 9.82. The van der Waals surface area contributed by atoms with Gasteiger partial charge >= 0.3 is 0 Å². The van der Waals surface area contributed by atoms with Crippen molar-refractivity contribution in [2.75, 3.05) is 6.61 Å². The van der Waals surface area contributed by atoms with Gasteiger partial charge in [-0.25, -0.2) is 4.39 Å². The smallest absolute Gasteiger partial charge is 0.123 e. The SMILES string of the molecule is O=CCCc1cc(F)ccc1OCC1CCC1. The second kappa shape index (κ2) is 5.80. The fourth-order valence-corrected chi connectivity index (χ4v) is 1.97. The summed E-state index contributed by atoms with van der Waals surface area (Å²) in [6, 6.07) is 4.52. The third-order valence-electron chi connectivity index (χ3n) is 3.25. The molecule has 92 valence electrons. The van der Waals surface area contributed by atoms with E-state index in [4.69, 9.17) is 4.74 Å². The van der Waals surface area contributed by atoms with Crippen molar-refractivity contribution >= 4 is 6.29 Å². The highest BCUT2D eigenvalue weighted by atomic mass is 19.1. The van der Waals surface area contributed by atoms with Crippen molar-refractivity contribution in [2.45, 2.75) is 32.1 Å². The molecule has 0 amide bonds. The first kappa shape index (κ1) is 12.1. The second-order valence-corrected chi connectivity index (χ2v) is 4.57. The molecule has 0 bridgehead atoms. The number of benzene rings is 1. The predicted molar refractivity (Wildman–Crippen MR) is 63.6 cm³/mol. The van der Waals surface area contributed by atoms with E-state index >= 15 is 0 Å². The van der Waals surface area contributed by atoms with Gasteiger partial charge in [0.05, 0.1) is 6.61 Å². The van der Waals surface area contributed by atoms with E-state index in [-0.39, 0.29) is 5.82 Å². The maximum Gasteiger partial charge on any atom is 0.123 e. The van der Waals surface area contributed by atoms with Crippen LogP contribution in [0.15, 0.2) is 18.2 Å². The molecule has 0 spiro atoms. The Hall–Kier alpha value is -1.38. The van der Waals surface area contributed by atoms with Crippen molar-refractivity contribution in [3.63, 3.8) is 0 Å². The minimum absolute atomic E-state index is 0.276. The molecule has 2 rings (SSSR count). The normalized spacial score (nSPS) is 15.4. The number of halogens is 1. The molecule has 1 fully saturated rings. The molecule has 3 heteroatoms. The minimum atomic E-state index is -0.276. The molecule has 0 N–H and O–H groups in total. The first-order valence-corrected chi connectivity index (χ1v) is 6.14. The molecular weight excluding hydrogens is 219 g/mol. The number of aryl methyl sites for hydroxylation is 1. The molecule has 17 heavy (non-hydrogen) atoms. The maximum absolute atomic E-state index is 13.1. The van der Waals surface area contributed by atoms with Gasteiger partial charge in [0.1, 0.15) is 17.9 Å². The predicted octanol–water partition coefficient (Wildman–Crippen LogP) is 3.14. The van der Waals surface area contributed by atoms with E-state index < -0.39 is 0 Å². The van der Waals surface area contributed by atoms with Crippen LogP contribution in [0.2, 0.25) is 0 Å². The molecule has 1 aromatic rings. The summed E-state index contributed by atoms with van der Waals surface area (Å²) in [5.74, 6) is 1.10. The summed E-state index contributed by atoms with van der Waals surface area (Å²) in [4.78, 5) is 10.4. The summed E-state index contributed by atoms with van der Waals surface area (Å²) in [6.07, 6.45) is 5.54. The van der Waals surface area contributed by atoms with Crippen molar-refractivity contribution in [3.05, 3.63) is 29.6 Å². The number of rotatable bonds is 6. The van der Waals surface area contributed by atoms with Crippen molar-refractivity contribution in [1.82, 2.24) is 0 Å². The highest BCUT2D eigenvalue weighted by Gasteiger charge is 2.18. The monoisotopic (exact) mass is 236 g/mol. The fourth-order valence-electron chi connectivity index (χ4n) is 1.97. The minimum Gasteiger partial charge on any atom is -0.493 e. The largest absolute Gasteiger partial charge is 0.493 e. The molecule has 0 radical (unpaired) electrons. The standard InChI is InChI=1S/C14H17FO2/c15-13-6-7-14(12(9-13)5-2-8-16)17-10-11-3-1-4-11/h6-9,11H,1-5,10H2. The van der Waals surface area contributed by atoms with Gasteiger partial charge in [-0.3, -0.25) is 0 Å². The average Bonchev–Trinajstić information content (AvgIpc) is 2.26. The van der Waals surface area contributed by atoms with Crippen LogP contribution in [0.3, 0.4) is 0 Å². The van der Waals surface area contributed by atoms with Crippen LogP contribution in [0, 0.1) is 11.7 Å². The van der Waals surface area contributed by atoms with Crippen LogP contribution in [-0.4, -0.2) is 12.9 Å². The second-order valence-electron chi connectivity index (χ2n) is 4.57. The van der Waals surface area contributed by atoms with Crippen molar-refractivity contribution in [3.8, 4) is 5.75 Å². The van der Waals surface area contributed by atoms with E-state index in [9.17, 15) is 9.18 Å². The van der Waals surface area contributed by atoms with Gasteiger partial charge in [0.2, 0.25) is 0 Å². The lowest BCUT2D eigenvalue weighted by Crippen LogP contribution is -2.19. The van der Waals surface area contributed by atoms with Gasteiger partial charge in [-0.15, -0.1) is 0 Å². The topological polar surface area (TPSA) is 26.3 Å². The summed E-state index contributed by atoms with van der Waals surface area (Å²) in [5, 5.41) is 0. The third-order valence-corrected chi connectivity index (χ3v) is 3.25. The Balaban J connectivity index is 1.99. The van der Waals surface area contributed by atoms with Crippen molar-refractivity contribution in [1.29, 1.82) is 0 Å². The van der Waals surface area contributed by atoms with Gasteiger partial charge in [0, 0.05) is 6.42 Å². The lowest BCUT2D eigenvalue weighted by molar-refractivity contribution is -0.107.